The predicted octanol–water partition coefficient (Wildman–Crippen LogP) is 4.83. The van der Waals surface area contributed by atoms with Gasteiger partial charge in [0.2, 0.25) is 0 Å². The van der Waals surface area contributed by atoms with Crippen LogP contribution in [0.3, 0.4) is 0 Å². The first-order valence-electron chi connectivity index (χ1n) is 6.80. The number of nitrogens with zero attached hydrogens (tertiary/aromatic N) is 1. The summed E-state index contributed by atoms with van der Waals surface area (Å²) in [6.07, 6.45) is -4.69. The molecule has 3 aromatic rings. The second-order valence-electron chi connectivity index (χ2n) is 5.14. The second-order valence-corrected chi connectivity index (χ2v) is 6.05. The summed E-state index contributed by atoms with van der Waals surface area (Å²) in [7, 11) is 0. The Morgan fingerprint density at radius 1 is 1.00 bits per heavy atom. The van der Waals surface area contributed by atoms with E-state index in [1.54, 1.807) is 42.5 Å². The van der Waals surface area contributed by atoms with Crippen LogP contribution in [0.25, 0.3) is 10.9 Å². The zero-order valence-electron chi connectivity index (χ0n) is 11.8. The summed E-state index contributed by atoms with van der Waals surface area (Å²) in [6.45, 7) is 0.0850. The molecule has 3 rings (SSSR count). The average molecular weight is 382 g/mol. The number of hydrogen-bond donors (Lipinski definition) is 0. The number of benzene rings is 2. The Hall–Kier alpha value is -2.08. The highest BCUT2D eigenvalue weighted by Gasteiger charge is 2.35. The van der Waals surface area contributed by atoms with Gasteiger partial charge in [-0.2, -0.15) is 13.2 Å². The fraction of sp³-hybridized carbons (Fsp3) is 0.118. The molecule has 0 spiro atoms. The molecule has 0 N–H and O–H groups in total. The van der Waals surface area contributed by atoms with E-state index in [2.05, 4.69) is 15.9 Å². The van der Waals surface area contributed by atoms with Crippen LogP contribution in [0.1, 0.15) is 11.1 Å². The van der Waals surface area contributed by atoms with Crippen LogP contribution in [0, 0.1) is 0 Å². The summed E-state index contributed by atoms with van der Waals surface area (Å²) in [5, 5.41) is 0.363. The molecule has 0 radical (unpaired) electrons. The van der Waals surface area contributed by atoms with Gasteiger partial charge in [-0.25, -0.2) is 0 Å². The maximum Gasteiger partial charge on any atom is 0.421 e. The van der Waals surface area contributed by atoms with E-state index in [0.717, 1.165) is 11.6 Å². The standard InChI is InChI=1S/C17H11BrF3NO/c18-13-6-7-15-12(8-13)9-14(17(19,20)21)16(23)22(15)10-11-4-2-1-3-5-11/h1-9H,10H2. The van der Waals surface area contributed by atoms with E-state index in [1.807, 2.05) is 6.07 Å². The lowest BCUT2D eigenvalue weighted by atomic mass is 10.1. The highest BCUT2D eigenvalue weighted by molar-refractivity contribution is 9.10. The lowest BCUT2D eigenvalue weighted by Crippen LogP contribution is -2.29. The monoisotopic (exact) mass is 381 g/mol. The van der Waals surface area contributed by atoms with Crippen molar-refractivity contribution in [3.05, 3.63) is 80.6 Å². The van der Waals surface area contributed by atoms with E-state index < -0.39 is 17.3 Å². The summed E-state index contributed by atoms with van der Waals surface area (Å²) in [5.41, 5.74) is -0.955. The van der Waals surface area contributed by atoms with E-state index in [0.29, 0.717) is 15.4 Å². The van der Waals surface area contributed by atoms with Crippen molar-refractivity contribution >= 4 is 26.8 Å². The Morgan fingerprint density at radius 2 is 1.70 bits per heavy atom. The molecule has 0 aliphatic rings. The molecule has 0 unspecified atom stereocenters. The van der Waals surface area contributed by atoms with Crippen molar-refractivity contribution in [3.8, 4) is 0 Å². The smallest absolute Gasteiger partial charge is 0.303 e. The molecule has 1 aromatic heterocycles. The van der Waals surface area contributed by atoms with Crippen molar-refractivity contribution < 1.29 is 13.2 Å². The maximum atomic E-state index is 13.2. The molecule has 2 nitrogen and oxygen atoms in total. The Morgan fingerprint density at radius 3 is 2.35 bits per heavy atom. The lowest BCUT2D eigenvalue weighted by molar-refractivity contribution is -0.138. The number of fused-ring (bicyclic) bond motifs is 1. The maximum absolute atomic E-state index is 13.2. The van der Waals surface area contributed by atoms with Crippen molar-refractivity contribution in [2.75, 3.05) is 0 Å². The van der Waals surface area contributed by atoms with Gasteiger partial charge >= 0.3 is 6.18 Å². The molecule has 0 saturated heterocycles. The van der Waals surface area contributed by atoms with Crippen LogP contribution in [0.15, 0.2) is 63.9 Å². The molecule has 0 amide bonds. The van der Waals surface area contributed by atoms with Crippen molar-refractivity contribution in [3.63, 3.8) is 0 Å². The zero-order valence-corrected chi connectivity index (χ0v) is 13.4. The summed E-state index contributed by atoms with van der Waals surface area (Å²) in [4.78, 5) is 12.4. The first-order chi connectivity index (χ1) is 10.9. The van der Waals surface area contributed by atoms with Gasteiger partial charge in [-0.1, -0.05) is 46.3 Å². The second kappa shape index (κ2) is 5.85. The van der Waals surface area contributed by atoms with E-state index in [-0.39, 0.29) is 6.54 Å². The lowest BCUT2D eigenvalue weighted by Gasteiger charge is -2.15. The summed E-state index contributed by atoms with van der Waals surface area (Å²) in [6, 6.07) is 14.8. The van der Waals surface area contributed by atoms with Gasteiger partial charge in [-0.3, -0.25) is 4.79 Å². The molecule has 23 heavy (non-hydrogen) atoms. The van der Waals surface area contributed by atoms with Crippen molar-refractivity contribution in [1.82, 2.24) is 4.57 Å². The van der Waals surface area contributed by atoms with Gasteiger partial charge in [0.25, 0.3) is 5.56 Å². The molecule has 2 aromatic carbocycles. The highest BCUT2D eigenvalue weighted by Crippen LogP contribution is 2.30. The summed E-state index contributed by atoms with van der Waals surface area (Å²) in [5.74, 6) is 0. The van der Waals surface area contributed by atoms with Crippen molar-refractivity contribution in [2.45, 2.75) is 12.7 Å². The van der Waals surface area contributed by atoms with Crippen molar-refractivity contribution in [1.29, 1.82) is 0 Å². The van der Waals surface area contributed by atoms with Gasteiger partial charge in [0, 0.05) is 9.86 Å². The van der Waals surface area contributed by atoms with Gasteiger partial charge in [-0.05, 0) is 29.8 Å². The minimum atomic E-state index is -4.69. The number of pyridine rings is 1. The predicted molar refractivity (Wildman–Crippen MR) is 86.5 cm³/mol. The Labute approximate surface area is 138 Å². The molecule has 0 aliphatic heterocycles. The normalized spacial score (nSPS) is 11.8. The van der Waals surface area contributed by atoms with Crippen molar-refractivity contribution in [2.24, 2.45) is 0 Å². The van der Waals surface area contributed by atoms with E-state index >= 15 is 0 Å². The molecule has 0 bridgehead atoms. The Bertz CT molecular complexity index is 917. The number of rotatable bonds is 2. The molecule has 0 fully saturated rings. The molecule has 0 aliphatic carbocycles. The van der Waals surface area contributed by atoms with Gasteiger partial charge in [0.15, 0.2) is 0 Å². The Balaban J connectivity index is 2.29. The SMILES string of the molecule is O=c1c(C(F)(F)F)cc2cc(Br)ccc2n1Cc1ccccc1. The van der Waals surface area contributed by atoms with Crippen LogP contribution >= 0.6 is 15.9 Å². The third kappa shape index (κ3) is 3.17. The fourth-order valence-electron chi connectivity index (χ4n) is 2.48. The van der Waals surface area contributed by atoms with E-state index in [9.17, 15) is 18.0 Å². The third-order valence-corrected chi connectivity index (χ3v) is 4.04. The van der Waals surface area contributed by atoms with Gasteiger partial charge < -0.3 is 4.57 Å². The first-order valence-corrected chi connectivity index (χ1v) is 7.60. The number of aromatic nitrogens is 1. The summed E-state index contributed by atoms with van der Waals surface area (Å²) < 4.78 is 41.3. The topological polar surface area (TPSA) is 22.0 Å². The third-order valence-electron chi connectivity index (χ3n) is 3.54. The molecule has 1 heterocycles. The largest absolute Gasteiger partial charge is 0.421 e. The van der Waals surface area contributed by atoms with Crippen LogP contribution in [0.2, 0.25) is 0 Å². The molecular formula is C17H11BrF3NO. The number of alkyl halides is 3. The van der Waals surface area contributed by atoms with Gasteiger partial charge in [0.1, 0.15) is 5.56 Å². The number of hydrogen-bond acceptors (Lipinski definition) is 1. The minimum absolute atomic E-state index is 0.0850. The molecule has 0 atom stereocenters. The van der Waals surface area contributed by atoms with Gasteiger partial charge in [0.05, 0.1) is 12.1 Å². The van der Waals surface area contributed by atoms with E-state index in [4.69, 9.17) is 0 Å². The quantitative estimate of drug-likeness (QED) is 0.622. The van der Waals surface area contributed by atoms with Crippen LogP contribution in [0.4, 0.5) is 13.2 Å². The fourth-order valence-corrected chi connectivity index (χ4v) is 2.86. The average Bonchev–Trinajstić information content (AvgIpc) is 2.49. The Kier molecular flexibility index (Phi) is 4.02. The molecule has 118 valence electrons. The molecule has 0 saturated carbocycles. The zero-order chi connectivity index (χ0) is 16.6. The highest BCUT2D eigenvalue weighted by atomic mass is 79.9. The summed E-state index contributed by atoms with van der Waals surface area (Å²) >= 11 is 3.25. The first kappa shape index (κ1) is 15.8. The van der Waals surface area contributed by atoms with Crippen LogP contribution in [-0.2, 0) is 12.7 Å². The van der Waals surface area contributed by atoms with Crippen LogP contribution in [0.5, 0.6) is 0 Å². The van der Waals surface area contributed by atoms with Crippen LogP contribution < -0.4 is 5.56 Å². The minimum Gasteiger partial charge on any atom is -0.303 e. The van der Waals surface area contributed by atoms with Gasteiger partial charge in [-0.15, -0.1) is 0 Å². The molecular weight excluding hydrogens is 371 g/mol. The molecule has 6 heteroatoms. The number of halogens is 4. The van der Waals surface area contributed by atoms with E-state index in [1.165, 1.54) is 4.57 Å². The van der Waals surface area contributed by atoms with Crippen LogP contribution in [-0.4, -0.2) is 4.57 Å².